The van der Waals surface area contributed by atoms with Crippen LogP contribution in [0.4, 0.5) is 5.69 Å². The summed E-state index contributed by atoms with van der Waals surface area (Å²) in [6, 6.07) is 11.7. The lowest BCUT2D eigenvalue weighted by atomic mass is 9.90. The first-order valence-electron chi connectivity index (χ1n) is 9.06. The highest BCUT2D eigenvalue weighted by atomic mass is 16.2. The van der Waals surface area contributed by atoms with Gasteiger partial charge >= 0.3 is 11.8 Å². The minimum Gasteiger partial charge on any atom is -0.327 e. The van der Waals surface area contributed by atoms with Crippen molar-refractivity contribution in [2.45, 2.75) is 39.7 Å². The lowest BCUT2D eigenvalue weighted by Gasteiger charge is -2.38. The lowest BCUT2D eigenvalue weighted by Crippen LogP contribution is -2.46. The van der Waals surface area contributed by atoms with Gasteiger partial charge in [-0.2, -0.15) is 0 Å². The average molecular weight is 351 g/mol. The molecule has 0 aliphatic carbocycles. The number of hydrogen-bond acceptors (Lipinski definition) is 3. The number of nitrogens with zero attached hydrogens (tertiary/aromatic N) is 2. The molecule has 1 aliphatic rings. The van der Waals surface area contributed by atoms with Crippen LogP contribution in [0.15, 0.2) is 42.6 Å². The molecule has 1 saturated heterocycles. The summed E-state index contributed by atoms with van der Waals surface area (Å²) in [5, 5.41) is 2.70. The molecule has 2 atom stereocenters. The molecule has 1 N–H and O–H groups in total. The molecule has 3 rings (SSSR count). The number of rotatable bonds is 2. The minimum atomic E-state index is -0.606. The van der Waals surface area contributed by atoms with Crippen molar-refractivity contribution in [3.8, 4) is 0 Å². The van der Waals surface area contributed by atoms with Gasteiger partial charge in [0.1, 0.15) is 0 Å². The second-order valence-electron chi connectivity index (χ2n) is 7.15. The van der Waals surface area contributed by atoms with Crippen LogP contribution in [0.25, 0.3) is 0 Å². The van der Waals surface area contributed by atoms with Crippen molar-refractivity contribution in [1.29, 1.82) is 0 Å². The molecule has 2 aromatic rings. The third kappa shape index (κ3) is 3.93. The molecule has 1 aromatic carbocycles. The van der Waals surface area contributed by atoms with E-state index < -0.39 is 11.8 Å². The van der Waals surface area contributed by atoms with Crippen LogP contribution in [0.3, 0.4) is 0 Å². The van der Waals surface area contributed by atoms with Gasteiger partial charge in [0, 0.05) is 12.2 Å². The normalized spacial score (nSPS) is 19.9. The van der Waals surface area contributed by atoms with Crippen molar-refractivity contribution in [2.75, 3.05) is 11.9 Å². The van der Waals surface area contributed by atoms with Gasteiger partial charge in [-0.1, -0.05) is 37.3 Å². The number of hydrogen-bond donors (Lipinski definition) is 1. The van der Waals surface area contributed by atoms with E-state index in [-0.39, 0.29) is 6.04 Å². The molecule has 136 valence electrons. The number of piperidine rings is 1. The Morgan fingerprint density at radius 2 is 1.88 bits per heavy atom. The smallest absolute Gasteiger partial charge is 0.313 e. The summed E-state index contributed by atoms with van der Waals surface area (Å²) in [6.45, 7) is 6.55. The monoisotopic (exact) mass is 351 g/mol. The van der Waals surface area contributed by atoms with Crippen LogP contribution < -0.4 is 5.32 Å². The summed E-state index contributed by atoms with van der Waals surface area (Å²) in [5.41, 5.74) is 3.51. The summed E-state index contributed by atoms with van der Waals surface area (Å²) in [4.78, 5) is 31.4. The molecule has 5 heteroatoms. The first kappa shape index (κ1) is 18.1. The molecular weight excluding hydrogens is 326 g/mol. The van der Waals surface area contributed by atoms with Gasteiger partial charge in [-0.3, -0.25) is 14.6 Å². The fourth-order valence-corrected chi connectivity index (χ4v) is 3.43. The average Bonchev–Trinajstić information content (AvgIpc) is 2.64. The number of carbonyl (C=O) groups excluding carboxylic acids is 2. The van der Waals surface area contributed by atoms with Crippen LogP contribution in [0, 0.1) is 19.8 Å². The van der Waals surface area contributed by atoms with Crippen molar-refractivity contribution in [1.82, 2.24) is 9.88 Å². The predicted octanol–water partition coefficient (Wildman–Crippen LogP) is 3.64. The standard InChI is InChI=1S/C21H25N3O2/c1-14-9-10-19(17-7-5-4-6-8-17)24(13-14)21(26)20(25)23-18-11-15(2)16(3)22-12-18/h4-8,11-12,14,19H,9-10,13H2,1-3H3,(H,23,25). The van der Waals surface area contributed by atoms with E-state index in [1.807, 2.05) is 50.2 Å². The lowest BCUT2D eigenvalue weighted by molar-refractivity contribution is -0.146. The maximum absolute atomic E-state index is 12.9. The minimum absolute atomic E-state index is 0.0523. The third-order valence-corrected chi connectivity index (χ3v) is 5.05. The molecule has 0 saturated carbocycles. The Hall–Kier alpha value is -2.69. The van der Waals surface area contributed by atoms with Gasteiger partial charge in [0.25, 0.3) is 0 Å². The second kappa shape index (κ2) is 7.68. The van der Waals surface area contributed by atoms with Gasteiger partial charge in [-0.15, -0.1) is 0 Å². The number of carbonyl (C=O) groups is 2. The molecule has 1 fully saturated rings. The van der Waals surface area contributed by atoms with Gasteiger partial charge < -0.3 is 10.2 Å². The Labute approximate surface area is 154 Å². The molecule has 0 radical (unpaired) electrons. The van der Waals surface area contributed by atoms with E-state index in [0.717, 1.165) is 29.7 Å². The van der Waals surface area contributed by atoms with E-state index in [1.165, 1.54) is 0 Å². The topological polar surface area (TPSA) is 62.3 Å². The fraction of sp³-hybridized carbons (Fsp3) is 0.381. The number of aryl methyl sites for hydroxylation is 2. The zero-order chi connectivity index (χ0) is 18.7. The van der Waals surface area contributed by atoms with Crippen molar-refractivity contribution in [2.24, 2.45) is 5.92 Å². The summed E-state index contributed by atoms with van der Waals surface area (Å²) in [5.74, 6) is -0.705. The zero-order valence-electron chi connectivity index (χ0n) is 15.5. The van der Waals surface area contributed by atoms with Crippen LogP contribution in [0.1, 0.15) is 42.6 Å². The molecule has 0 bridgehead atoms. The maximum Gasteiger partial charge on any atom is 0.313 e. The number of aromatic nitrogens is 1. The van der Waals surface area contributed by atoms with Crippen LogP contribution in [0.2, 0.25) is 0 Å². The first-order chi connectivity index (χ1) is 12.5. The van der Waals surface area contributed by atoms with Gasteiger partial charge in [0.05, 0.1) is 17.9 Å². The molecule has 0 spiro atoms. The third-order valence-electron chi connectivity index (χ3n) is 5.05. The van der Waals surface area contributed by atoms with Crippen LogP contribution >= 0.6 is 0 Å². The van der Waals surface area contributed by atoms with Gasteiger partial charge in [0.15, 0.2) is 0 Å². The first-order valence-corrected chi connectivity index (χ1v) is 9.06. The quantitative estimate of drug-likeness (QED) is 0.840. The Bertz CT molecular complexity index is 804. The molecule has 1 aromatic heterocycles. The van der Waals surface area contributed by atoms with Crippen molar-refractivity contribution in [3.05, 3.63) is 59.4 Å². The number of pyridine rings is 1. The number of benzene rings is 1. The second-order valence-corrected chi connectivity index (χ2v) is 7.15. The number of nitrogens with one attached hydrogen (secondary N) is 1. The Morgan fingerprint density at radius 1 is 1.15 bits per heavy atom. The van der Waals surface area contributed by atoms with Gasteiger partial charge in [0.2, 0.25) is 0 Å². The molecular formula is C21H25N3O2. The molecule has 1 aliphatic heterocycles. The van der Waals surface area contributed by atoms with Gasteiger partial charge in [-0.05, 0) is 49.8 Å². The Balaban J connectivity index is 1.78. The predicted molar refractivity (Wildman–Crippen MR) is 102 cm³/mol. The number of amides is 2. The van der Waals surface area contributed by atoms with E-state index in [0.29, 0.717) is 18.2 Å². The van der Waals surface area contributed by atoms with Crippen molar-refractivity contribution < 1.29 is 9.59 Å². The van der Waals surface area contributed by atoms with Crippen molar-refractivity contribution in [3.63, 3.8) is 0 Å². The number of anilines is 1. The highest BCUT2D eigenvalue weighted by Gasteiger charge is 2.34. The van der Waals surface area contributed by atoms with Gasteiger partial charge in [-0.25, -0.2) is 0 Å². The van der Waals surface area contributed by atoms with E-state index >= 15 is 0 Å². The molecule has 5 nitrogen and oxygen atoms in total. The SMILES string of the molecule is Cc1cc(NC(=O)C(=O)N2CC(C)CCC2c2ccccc2)cnc1C. The fourth-order valence-electron chi connectivity index (χ4n) is 3.43. The van der Waals surface area contributed by atoms with Crippen LogP contribution in [0.5, 0.6) is 0 Å². The van der Waals surface area contributed by atoms with Crippen LogP contribution in [-0.2, 0) is 9.59 Å². The molecule has 26 heavy (non-hydrogen) atoms. The summed E-state index contributed by atoms with van der Waals surface area (Å²) in [7, 11) is 0. The molecule has 2 heterocycles. The highest BCUT2D eigenvalue weighted by Crippen LogP contribution is 2.33. The van der Waals surface area contributed by atoms with E-state index in [9.17, 15) is 9.59 Å². The zero-order valence-corrected chi connectivity index (χ0v) is 15.5. The van der Waals surface area contributed by atoms with E-state index in [2.05, 4.69) is 17.2 Å². The largest absolute Gasteiger partial charge is 0.327 e. The molecule has 2 unspecified atom stereocenters. The number of likely N-dealkylation sites (tertiary alicyclic amines) is 1. The summed E-state index contributed by atoms with van der Waals surface area (Å²) < 4.78 is 0. The maximum atomic E-state index is 12.9. The van der Waals surface area contributed by atoms with E-state index in [1.54, 1.807) is 11.1 Å². The van der Waals surface area contributed by atoms with E-state index in [4.69, 9.17) is 0 Å². The highest BCUT2D eigenvalue weighted by molar-refractivity contribution is 6.39. The summed E-state index contributed by atoms with van der Waals surface area (Å²) in [6.07, 6.45) is 3.50. The van der Waals surface area contributed by atoms with Crippen LogP contribution in [-0.4, -0.2) is 28.2 Å². The Morgan fingerprint density at radius 3 is 2.58 bits per heavy atom. The summed E-state index contributed by atoms with van der Waals surface area (Å²) >= 11 is 0. The Kier molecular flexibility index (Phi) is 5.35. The molecule has 2 amide bonds. The van der Waals surface area contributed by atoms with Crippen molar-refractivity contribution >= 4 is 17.5 Å².